The van der Waals surface area contributed by atoms with Crippen LogP contribution < -0.4 is 60.8 Å². The summed E-state index contributed by atoms with van der Waals surface area (Å²) in [5.41, 5.74) is 5.15. The van der Waals surface area contributed by atoms with Crippen LogP contribution in [0.25, 0.3) is 0 Å². The fraction of sp³-hybridized carbons (Fsp3) is 0.333. The topological polar surface area (TPSA) is 229 Å². The molecule has 0 aliphatic carbocycles. The van der Waals surface area contributed by atoms with E-state index >= 15 is 0 Å². The van der Waals surface area contributed by atoms with Crippen molar-refractivity contribution in [3.05, 3.63) is 114 Å². The third-order valence-corrected chi connectivity index (χ3v) is 9.09. The summed E-state index contributed by atoms with van der Waals surface area (Å²) in [5, 5.41) is 10.4. The second-order valence-electron chi connectivity index (χ2n) is 13.6. The van der Waals surface area contributed by atoms with Crippen molar-refractivity contribution >= 4 is 24.0 Å². The maximum Gasteiger partial charge on any atom is 0.321 e. The van der Waals surface area contributed by atoms with E-state index in [-0.39, 0.29) is 49.3 Å². The first kappa shape index (κ1) is 43.9. The van der Waals surface area contributed by atoms with Crippen LogP contribution in [0.4, 0.5) is 21.5 Å². The summed E-state index contributed by atoms with van der Waals surface area (Å²) >= 11 is 0. The monoisotopic (exact) mass is 826 g/mol. The summed E-state index contributed by atoms with van der Waals surface area (Å²) in [6, 6.07) is 12.9. The van der Waals surface area contributed by atoms with Gasteiger partial charge in [0.2, 0.25) is 11.9 Å². The summed E-state index contributed by atoms with van der Waals surface area (Å²) in [7, 11) is 6.46. The number of hydrogen-bond donors (Lipinski definition) is 6. The Morgan fingerprint density at radius 2 is 0.883 bits per heavy atom. The average Bonchev–Trinajstić information content (AvgIpc) is 3.19. The number of ether oxygens (including phenoxy) is 6. The first-order valence-electron chi connectivity index (χ1n) is 18.9. The van der Waals surface area contributed by atoms with Gasteiger partial charge in [-0.3, -0.25) is 30.2 Å². The van der Waals surface area contributed by atoms with Crippen LogP contribution in [0, 0.1) is 27.7 Å². The van der Waals surface area contributed by atoms with Gasteiger partial charge >= 0.3 is 12.1 Å². The lowest BCUT2D eigenvalue weighted by Gasteiger charge is -2.19. The van der Waals surface area contributed by atoms with Crippen LogP contribution in [0.5, 0.6) is 34.5 Å². The molecule has 6 N–H and O–H groups in total. The number of aromatic nitrogens is 4. The van der Waals surface area contributed by atoms with Gasteiger partial charge in [0.15, 0.2) is 0 Å². The van der Waals surface area contributed by atoms with E-state index in [9.17, 15) is 19.2 Å². The smallest absolute Gasteiger partial charge is 0.321 e. The van der Waals surface area contributed by atoms with Crippen molar-refractivity contribution < 1.29 is 38.0 Å². The van der Waals surface area contributed by atoms with Crippen molar-refractivity contribution in [1.82, 2.24) is 30.6 Å². The molecule has 2 heterocycles. The standard InChI is InChI=1S/C42H50N8O10/c1-23-13-33(56-6)27(19-31(23)55-5)17-28-21-35(58-8)29(22-34(28)57-7)18-30-20-32(59-11-9-43-41(53)49-39-45-25(3)15-37(51)47-39)24(2)14-36(30)60-12-10-44-42(54)50-40-46-26(4)16-38(52)48-40/h13-16,19-22H,9-12,17-18H2,1-8H3,(H3,43,45,47,49,51,53)(H3,44,46,48,50,52,54). The molecule has 0 saturated carbocycles. The molecule has 60 heavy (non-hydrogen) atoms. The van der Waals surface area contributed by atoms with Gasteiger partial charge in [0.1, 0.15) is 47.7 Å². The van der Waals surface area contributed by atoms with Crippen molar-refractivity contribution in [1.29, 1.82) is 0 Å². The lowest BCUT2D eigenvalue weighted by Crippen LogP contribution is -2.33. The molecule has 4 amide bonds. The van der Waals surface area contributed by atoms with Crippen LogP contribution in [0.2, 0.25) is 0 Å². The van der Waals surface area contributed by atoms with E-state index in [0.717, 1.165) is 44.9 Å². The van der Waals surface area contributed by atoms with Crippen LogP contribution in [0.3, 0.4) is 0 Å². The number of H-pyrrole nitrogens is 2. The van der Waals surface area contributed by atoms with Gasteiger partial charge in [0, 0.05) is 58.6 Å². The van der Waals surface area contributed by atoms with Gasteiger partial charge in [-0.05, 0) is 75.2 Å². The zero-order valence-corrected chi connectivity index (χ0v) is 34.8. The van der Waals surface area contributed by atoms with E-state index in [0.29, 0.717) is 47.2 Å². The molecule has 18 nitrogen and oxygen atoms in total. The number of carbonyl (C=O) groups excluding carboxylic acids is 2. The highest BCUT2D eigenvalue weighted by Crippen LogP contribution is 2.38. The molecule has 0 aliphatic rings. The highest BCUT2D eigenvalue weighted by molar-refractivity contribution is 5.87. The van der Waals surface area contributed by atoms with Gasteiger partial charge in [-0.2, -0.15) is 0 Å². The molecule has 0 spiro atoms. The Bertz CT molecular complexity index is 2450. The Kier molecular flexibility index (Phi) is 15.0. The molecule has 18 heteroatoms. The second-order valence-corrected chi connectivity index (χ2v) is 13.6. The Labute approximate surface area is 346 Å². The minimum Gasteiger partial charge on any atom is -0.496 e. The van der Waals surface area contributed by atoms with Gasteiger partial charge in [0.25, 0.3) is 11.1 Å². The fourth-order valence-electron chi connectivity index (χ4n) is 6.33. The van der Waals surface area contributed by atoms with E-state index in [1.54, 1.807) is 42.3 Å². The number of anilines is 2. The number of benzene rings is 3. The van der Waals surface area contributed by atoms with Crippen molar-refractivity contribution in [2.45, 2.75) is 40.5 Å². The van der Waals surface area contributed by atoms with Gasteiger partial charge in [0.05, 0.1) is 41.5 Å². The molecule has 0 aliphatic heterocycles. The predicted octanol–water partition coefficient (Wildman–Crippen LogP) is 4.70. The normalized spacial score (nSPS) is 10.7. The van der Waals surface area contributed by atoms with E-state index in [1.807, 2.05) is 50.2 Å². The third-order valence-electron chi connectivity index (χ3n) is 9.09. The lowest BCUT2D eigenvalue weighted by molar-refractivity contribution is 0.245. The Balaban J connectivity index is 1.35. The SMILES string of the molecule is COc1cc(Cc2cc(OC)c(Cc3cc(OCCNC(=O)Nc4nc(C)cc(=O)[nH]4)c(C)cc3OCCNC(=O)Nc3nc(C)cc(=O)[nH]3)cc2OC)c(OC)cc1C. The maximum atomic E-state index is 12.6. The fourth-order valence-corrected chi connectivity index (χ4v) is 6.33. The summed E-state index contributed by atoms with van der Waals surface area (Å²) < 4.78 is 35.5. The minimum atomic E-state index is -0.572. The molecule has 0 atom stereocenters. The maximum absolute atomic E-state index is 12.6. The van der Waals surface area contributed by atoms with Crippen molar-refractivity contribution in [3.63, 3.8) is 0 Å². The molecule has 0 fully saturated rings. The number of aromatic amines is 2. The van der Waals surface area contributed by atoms with Crippen LogP contribution in [0.15, 0.2) is 58.1 Å². The quantitative estimate of drug-likeness (QED) is 0.0661. The Morgan fingerprint density at radius 1 is 0.517 bits per heavy atom. The number of amides is 4. The highest BCUT2D eigenvalue weighted by atomic mass is 16.5. The molecule has 5 aromatic rings. The highest BCUT2D eigenvalue weighted by Gasteiger charge is 2.19. The van der Waals surface area contributed by atoms with Gasteiger partial charge in [-0.1, -0.05) is 0 Å². The molecule has 318 valence electrons. The van der Waals surface area contributed by atoms with Crippen LogP contribution in [0.1, 0.15) is 44.8 Å². The third kappa shape index (κ3) is 11.9. The zero-order chi connectivity index (χ0) is 43.3. The number of carbonyl (C=O) groups is 2. The summed E-state index contributed by atoms with van der Waals surface area (Å²) in [6.07, 6.45) is 0.800. The molecule has 5 rings (SSSR count). The number of aryl methyl sites for hydroxylation is 4. The number of nitrogens with zero attached hydrogens (tertiary/aromatic N) is 2. The van der Waals surface area contributed by atoms with Crippen LogP contribution in [-0.4, -0.2) is 86.7 Å². The second kappa shape index (κ2) is 20.4. The number of nitrogens with one attached hydrogen (secondary N) is 6. The van der Waals surface area contributed by atoms with Gasteiger partial charge in [-0.15, -0.1) is 0 Å². The molecule has 3 aromatic carbocycles. The zero-order valence-electron chi connectivity index (χ0n) is 34.8. The molecule has 0 unspecified atom stereocenters. The predicted molar refractivity (Wildman–Crippen MR) is 225 cm³/mol. The molecule has 0 saturated heterocycles. The van der Waals surface area contributed by atoms with Crippen molar-refractivity contribution in [3.8, 4) is 34.5 Å². The largest absolute Gasteiger partial charge is 0.496 e. The van der Waals surface area contributed by atoms with E-state index in [2.05, 4.69) is 41.2 Å². The van der Waals surface area contributed by atoms with E-state index < -0.39 is 12.1 Å². The van der Waals surface area contributed by atoms with Gasteiger partial charge in [-0.25, -0.2) is 19.6 Å². The first-order chi connectivity index (χ1) is 28.8. The molecule has 0 radical (unpaired) electrons. The lowest BCUT2D eigenvalue weighted by atomic mass is 9.96. The molecule has 0 bridgehead atoms. The minimum absolute atomic E-state index is 0.0236. The summed E-state index contributed by atoms with van der Waals surface area (Å²) in [4.78, 5) is 61.7. The molecule has 2 aromatic heterocycles. The molecular weight excluding hydrogens is 777 g/mol. The summed E-state index contributed by atoms with van der Waals surface area (Å²) in [5.74, 6) is 3.83. The van der Waals surface area contributed by atoms with Gasteiger partial charge < -0.3 is 39.1 Å². The van der Waals surface area contributed by atoms with Crippen molar-refractivity contribution in [2.24, 2.45) is 0 Å². The van der Waals surface area contributed by atoms with Crippen LogP contribution in [-0.2, 0) is 12.8 Å². The Morgan fingerprint density at radius 3 is 1.33 bits per heavy atom. The number of hydrogen-bond acceptors (Lipinski definition) is 12. The average molecular weight is 827 g/mol. The molecular formula is C42H50N8O10. The number of urea groups is 2. The first-order valence-corrected chi connectivity index (χ1v) is 18.9. The summed E-state index contributed by atoms with van der Waals surface area (Å²) in [6.45, 7) is 7.58. The van der Waals surface area contributed by atoms with Crippen LogP contribution >= 0.6 is 0 Å². The van der Waals surface area contributed by atoms with Crippen molar-refractivity contribution in [2.75, 3.05) is 65.4 Å². The number of rotatable bonds is 18. The van der Waals surface area contributed by atoms with E-state index in [4.69, 9.17) is 28.4 Å². The Hall–Kier alpha value is -7.24. The van der Waals surface area contributed by atoms with E-state index in [1.165, 1.54) is 12.1 Å². The number of methoxy groups -OCH3 is 4.